The molecule has 1 saturated carbocycles. The van der Waals surface area contributed by atoms with Crippen LogP contribution in [0.25, 0.3) is 0 Å². The highest BCUT2D eigenvalue weighted by Crippen LogP contribution is 2.29. The van der Waals surface area contributed by atoms with Crippen LogP contribution in [0.5, 0.6) is 5.75 Å². The lowest BCUT2D eigenvalue weighted by molar-refractivity contribution is -0.129. The van der Waals surface area contributed by atoms with Gasteiger partial charge in [-0.1, -0.05) is 31.0 Å². The molecule has 0 aliphatic heterocycles. The van der Waals surface area contributed by atoms with E-state index in [1.54, 1.807) is 6.92 Å². The van der Waals surface area contributed by atoms with Crippen molar-refractivity contribution in [3.05, 3.63) is 30.3 Å². The Bertz CT molecular complexity index is 413. The van der Waals surface area contributed by atoms with E-state index in [0.717, 1.165) is 25.7 Å². The third-order valence-electron chi connectivity index (χ3n) is 3.68. The van der Waals surface area contributed by atoms with Gasteiger partial charge in [0.05, 0.1) is 12.1 Å². The first-order chi connectivity index (χ1) is 9.15. The van der Waals surface area contributed by atoms with E-state index in [-0.39, 0.29) is 12.5 Å². The molecule has 1 aromatic rings. The molecule has 1 aliphatic rings. The molecule has 4 nitrogen and oxygen atoms in total. The Kier molecular flexibility index (Phi) is 4.43. The van der Waals surface area contributed by atoms with Crippen molar-refractivity contribution < 1.29 is 14.6 Å². The van der Waals surface area contributed by atoms with Crippen LogP contribution in [0, 0.1) is 0 Å². The normalized spacial score (nSPS) is 18.8. The van der Waals surface area contributed by atoms with E-state index in [1.165, 1.54) is 0 Å². The second-order valence-corrected chi connectivity index (χ2v) is 5.21. The number of aliphatic hydroxyl groups excluding tert-OH is 1. The average molecular weight is 263 g/mol. The van der Waals surface area contributed by atoms with E-state index >= 15 is 0 Å². The molecule has 0 saturated heterocycles. The van der Waals surface area contributed by atoms with Crippen molar-refractivity contribution in [2.75, 3.05) is 6.61 Å². The number of hydrogen-bond acceptors (Lipinski definition) is 3. The maximum absolute atomic E-state index is 12.1. The molecule has 2 rings (SSSR count). The Hall–Kier alpha value is -1.55. The van der Waals surface area contributed by atoms with Gasteiger partial charge in [-0.05, 0) is 31.9 Å². The van der Waals surface area contributed by atoms with Gasteiger partial charge in [0.1, 0.15) is 5.75 Å². The lowest BCUT2D eigenvalue weighted by Crippen LogP contribution is -2.52. The van der Waals surface area contributed by atoms with E-state index in [9.17, 15) is 9.90 Å². The summed E-state index contributed by atoms with van der Waals surface area (Å²) in [5, 5.41) is 12.4. The van der Waals surface area contributed by atoms with E-state index in [4.69, 9.17) is 4.74 Å². The third-order valence-corrected chi connectivity index (χ3v) is 3.68. The summed E-state index contributed by atoms with van der Waals surface area (Å²) >= 11 is 0. The summed E-state index contributed by atoms with van der Waals surface area (Å²) in [5.41, 5.74) is -0.439. The second-order valence-electron chi connectivity index (χ2n) is 5.21. The molecule has 2 N–H and O–H groups in total. The number of carbonyl (C=O) groups excluding carboxylic acids is 1. The van der Waals surface area contributed by atoms with Crippen molar-refractivity contribution in [2.45, 2.75) is 44.2 Å². The molecule has 1 fully saturated rings. The number of para-hydroxylation sites is 1. The fourth-order valence-electron chi connectivity index (χ4n) is 2.49. The SMILES string of the molecule is CC(Oc1ccccc1)C(=O)NC1(CO)CCCC1. The molecule has 0 aromatic heterocycles. The highest BCUT2D eigenvalue weighted by atomic mass is 16.5. The fraction of sp³-hybridized carbons (Fsp3) is 0.533. The number of carbonyl (C=O) groups is 1. The van der Waals surface area contributed by atoms with Gasteiger partial charge in [0, 0.05) is 0 Å². The lowest BCUT2D eigenvalue weighted by Gasteiger charge is -2.29. The highest BCUT2D eigenvalue weighted by molar-refractivity contribution is 5.81. The molecule has 1 atom stereocenters. The minimum Gasteiger partial charge on any atom is -0.481 e. The molecular weight excluding hydrogens is 242 g/mol. The molecule has 1 unspecified atom stereocenters. The standard InChI is InChI=1S/C15H21NO3/c1-12(19-13-7-3-2-4-8-13)14(18)16-15(11-17)9-5-6-10-15/h2-4,7-8,12,17H,5-6,9-11H2,1H3,(H,16,18). The summed E-state index contributed by atoms with van der Waals surface area (Å²) in [5.74, 6) is 0.509. The maximum Gasteiger partial charge on any atom is 0.261 e. The zero-order valence-corrected chi connectivity index (χ0v) is 11.3. The molecule has 4 heteroatoms. The minimum absolute atomic E-state index is 0.00318. The highest BCUT2D eigenvalue weighted by Gasteiger charge is 2.35. The van der Waals surface area contributed by atoms with Crippen molar-refractivity contribution in [1.82, 2.24) is 5.32 Å². The number of hydrogen-bond donors (Lipinski definition) is 2. The zero-order chi connectivity index (χ0) is 13.7. The Morgan fingerprint density at radius 3 is 2.58 bits per heavy atom. The Labute approximate surface area is 113 Å². The molecule has 1 aromatic carbocycles. The van der Waals surface area contributed by atoms with Crippen molar-refractivity contribution >= 4 is 5.91 Å². The first-order valence-electron chi connectivity index (χ1n) is 6.80. The number of benzene rings is 1. The summed E-state index contributed by atoms with van der Waals surface area (Å²) in [7, 11) is 0. The van der Waals surface area contributed by atoms with E-state index in [2.05, 4.69) is 5.32 Å². The van der Waals surface area contributed by atoms with Crippen LogP contribution in [0.4, 0.5) is 0 Å². The molecular formula is C15H21NO3. The van der Waals surface area contributed by atoms with Crippen LogP contribution >= 0.6 is 0 Å². The first-order valence-corrected chi connectivity index (χ1v) is 6.80. The van der Waals surface area contributed by atoms with Crippen LogP contribution in [-0.4, -0.2) is 29.3 Å². The van der Waals surface area contributed by atoms with Crippen LogP contribution in [0.2, 0.25) is 0 Å². The van der Waals surface area contributed by atoms with Crippen molar-refractivity contribution in [1.29, 1.82) is 0 Å². The number of ether oxygens (including phenoxy) is 1. The molecule has 1 amide bonds. The molecule has 0 radical (unpaired) electrons. The minimum atomic E-state index is -0.563. The van der Waals surface area contributed by atoms with Gasteiger partial charge < -0.3 is 15.2 Å². The topological polar surface area (TPSA) is 58.6 Å². The summed E-state index contributed by atoms with van der Waals surface area (Å²) < 4.78 is 5.58. The number of nitrogens with one attached hydrogen (secondary N) is 1. The monoisotopic (exact) mass is 263 g/mol. The third kappa shape index (κ3) is 3.47. The average Bonchev–Trinajstić information content (AvgIpc) is 2.89. The summed E-state index contributed by atoms with van der Waals surface area (Å²) in [6.07, 6.45) is 3.22. The predicted molar refractivity (Wildman–Crippen MR) is 73.0 cm³/mol. The Morgan fingerprint density at radius 2 is 2.00 bits per heavy atom. The van der Waals surface area contributed by atoms with Gasteiger partial charge in [-0.15, -0.1) is 0 Å². The van der Waals surface area contributed by atoms with Crippen LogP contribution in [0.1, 0.15) is 32.6 Å². The molecule has 1 aliphatic carbocycles. The molecule has 19 heavy (non-hydrogen) atoms. The number of aliphatic hydroxyl groups is 1. The number of rotatable bonds is 5. The fourth-order valence-corrected chi connectivity index (χ4v) is 2.49. The van der Waals surface area contributed by atoms with Gasteiger partial charge in [0.2, 0.25) is 0 Å². The molecule has 0 bridgehead atoms. The smallest absolute Gasteiger partial charge is 0.261 e. The summed E-state index contributed by atoms with van der Waals surface area (Å²) in [6, 6.07) is 9.28. The van der Waals surface area contributed by atoms with E-state index in [0.29, 0.717) is 5.75 Å². The van der Waals surface area contributed by atoms with Gasteiger partial charge >= 0.3 is 0 Å². The molecule has 104 valence electrons. The van der Waals surface area contributed by atoms with Crippen LogP contribution in [0.3, 0.4) is 0 Å². The predicted octanol–water partition coefficient (Wildman–Crippen LogP) is 1.88. The second kappa shape index (κ2) is 6.06. The van der Waals surface area contributed by atoms with Crippen LogP contribution < -0.4 is 10.1 Å². The molecule has 0 heterocycles. The van der Waals surface area contributed by atoms with E-state index in [1.807, 2.05) is 30.3 Å². The van der Waals surface area contributed by atoms with Crippen LogP contribution in [0.15, 0.2) is 30.3 Å². The largest absolute Gasteiger partial charge is 0.481 e. The van der Waals surface area contributed by atoms with E-state index < -0.39 is 11.6 Å². The van der Waals surface area contributed by atoms with Gasteiger partial charge in [0.25, 0.3) is 5.91 Å². The van der Waals surface area contributed by atoms with Gasteiger partial charge in [0.15, 0.2) is 6.10 Å². The quantitative estimate of drug-likeness (QED) is 0.852. The van der Waals surface area contributed by atoms with Crippen LogP contribution in [-0.2, 0) is 4.79 Å². The zero-order valence-electron chi connectivity index (χ0n) is 11.3. The Morgan fingerprint density at radius 1 is 1.37 bits per heavy atom. The molecule has 0 spiro atoms. The summed E-state index contributed by atoms with van der Waals surface area (Å²) in [6.45, 7) is 1.72. The van der Waals surface area contributed by atoms with Crippen molar-refractivity contribution in [3.8, 4) is 5.75 Å². The maximum atomic E-state index is 12.1. The van der Waals surface area contributed by atoms with Gasteiger partial charge in [-0.2, -0.15) is 0 Å². The lowest BCUT2D eigenvalue weighted by atomic mass is 9.98. The first kappa shape index (κ1) is 13.9. The number of amides is 1. The van der Waals surface area contributed by atoms with Crippen molar-refractivity contribution in [3.63, 3.8) is 0 Å². The van der Waals surface area contributed by atoms with Crippen molar-refractivity contribution in [2.24, 2.45) is 0 Å². The van der Waals surface area contributed by atoms with Gasteiger partial charge in [-0.25, -0.2) is 0 Å². The Balaban J connectivity index is 1.92. The van der Waals surface area contributed by atoms with Gasteiger partial charge in [-0.3, -0.25) is 4.79 Å². The summed E-state index contributed by atoms with van der Waals surface area (Å²) in [4.78, 5) is 12.1.